The number of hydrogen-bond donors (Lipinski definition) is 0. The summed E-state index contributed by atoms with van der Waals surface area (Å²) < 4.78 is 0. The molecule has 0 atom stereocenters. The summed E-state index contributed by atoms with van der Waals surface area (Å²) in [4.78, 5) is 21.0. The van der Waals surface area contributed by atoms with Crippen molar-refractivity contribution in [3.05, 3.63) is 29.8 Å². The van der Waals surface area contributed by atoms with Gasteiger partial charge in [0.1, 0.15) is 5.84 Å². The summed E-state index contributed by atoms with van der Waals surface area (Å²) in [5.41, 5.74) is 1.80. The maximum atomic E-state index is 12.7. The zero-order valence-electron chi connectivity index (χ0n) is 11.7. The van der Waals surface area contributed by atoms with Crippen LogP contribution in [-0.2, 0) is 0 Å². The van der Waals surface area contributed by atoms with Crippen molar-refractivity contribution < 1.29 is 4.79 Å². The summed E-state index contributed by atoms with van der Waals surface area (Å²) >= 11 is 0. The van der Waals surface area contributed by atoms with Gasteiger partial charge in [-0.05, 0) is 39.3 Å². The summed E-state index contributed by atoms with van der Waals surface area (Å²) in [5, 5.41) is 0. The van der Waals surface area contributed by atoms with Crippen molar-refractivity contribution in [3.63, 3.8) is 0 Å². The normalized spacial score (nSPS) is 18.9. The van der Waals surface area contributed by atoms with Gasteiger partial charge in [0, 0.05) is 24.2 Å². The predicted molar refractivity (Wildman–Crippen MR) is 76.8 cm³/mol. The van der Waals surface area contributed by atoms with Crippen LogP contribution in [0.5, 0.6) is 0 Å². The van der Waals surface area contributed by atoms with Gasteiger partial charge < -0.3 is 0 Å². The van der Waals surface area contributed by atoms with E-state index < -0.39 is 0 Å². The monoisotopic (exact) mass is 257 g/mol. The van der Waals surface area contributed by atoms with Gasteiger partial charge >= 0.3 is 6.03 Å². The molecule has 0 spiro atoms. The van der Waals surface area contributed by atoms with Crippen molar-refractivity contribution in [1.82, 2.24) is 4.90 Å². The number of carbonyl (C=O) groups excluding carboxylic acids is 1. The SMILES string of the molecule is CC(C)(C)N1C(=O)N2CCCN=C2c2ccccc21. The molecule has 0 unspecified atom stereocenters. The molecule has 2 heterocycles. The number of rotatable bonds is 0. The molecule has 4 nitrogen and oxygen atoms in total. The molecule has 0 radical (unpaired) electrons. The Kier molecular flexibility index (Phi) is 2.62. The molecule has 0 saturated carbocycles. The van der Waals surface area contributed by atoms with Gasteiger partial charge in [-0.1, -0.05) is 12.1 Å². The van der Waals surface area contributed by atoms with Crippen molar-refractivity contribution >= 4 is 17.6 Å². The molecular weight excluding hydrogens is 238 g/mol. The molecular formula is C15H19N3O. The van der Waals surface area contributed by atoms with E-state index in [1.807, 2.05) is 28.0 Å². The van der Waals surface area contributed by atoms with Gasteiger partial charge in [-0.2, -0.15) is 0 Å². The lowest BCUT2D eigenvalue weighted by Crippen LogP contribution is -2.58. The summed E-state index contributed by atoms with van der Waals surface area (Å²) in [6, 6.07) is 8.09. The molecule has 1 aromatic carbocycles. The van der Waals surface area contributed by atoms with Crippen molar-refractivity contribution in [2.75, 3.05) is 18.0 Å². The van der Waals surface area contributed by atoms with Crippen LogP contribution in [-0.4, -0.2) is 35.4 Å². The number of para-hydroxylation sites is 1. The van der Waals surface area contributed by atoms with Gasteiger partial charge in [-0.15, -0.1) is 0 Å². The fraction of sp³-hybridized carbons (Fsp3) is 0.467. The van der Waals surface area contributed by atoms with E-state index >= 15 is 0 Å². The van der Waals surface area contributed by atoms with E-state index in [0.717, 1.165) is 36.6 Å². The Bertz CT molecular complexity index is 557. The van der Waals surface area contributed by atoms with E-state index in [1.54, 1.807) is 0 Å². The third-order valence-corrected chi connectivity index (χ3v) is 3.54. The lowest BCUT2D eigenvalue weighted by atomic mass is 9.99. The van der Waals surface area contributed by atoms with Crippen molar-refractivity contribution in [2.45, 2.75) is 32.7 Å². The zero-order valence-corrected chi connectivity index (χ0v) is 11.7. The van der Waals surface area contributed by atoms with Gasteiger partial charge in [0.05, 0.1) is 5.69 Å². The van der Waals surface area contributed by atoms with Crippen LogP contribution in [0.25, 0.3) is 0 Å². The maximum absolute atomic E-state index is 12.7. The van der Waals surface area contributed by atoms with E-state index in [-0.39, 0.29) is 11.6 Å². The molecule has 2 aliphatic heterocycles. The first kappa shape index (κ1) is 12.2. The molecule has 0 N–H and O–H groups in total. The summed E-state index contributed by atoms with van der Waals surface area (Å²) in [5.74, 6) is 0.840. The number of nitrogens with zero attached hydrogens (tertiary/aromatic N) is 3. The fourth-order valence-corrected chi connectivity index (χ4v) is 2.75. The van der Waals surface area contributed by atoms with Gasteiger partial charge in [-0.3, -0.25) is 14.8 Å². The van der Waals surface area contributed by atoms with Crippen molar-refractivity contribution in [2.24, 2.45) is 4.99 Å². The van der Waals surface area contributed by atoms with Crippen LogP contribution in [0.2, 0.25) is 0 Å². The highest BCUT2D eigenvalue weighted by atomic mass is 16.2. The number of amidine groups is 1. The summed E-state index contributed by atoms with van der Waals surface area (Å²) in [6.07, 6.45) is 0.940. The van der Waals surface area contributed by atoms with Crippen LogP contribution in [0.15, 0.2) is 29.3 Å². The number of benzene rings is 1. The van der Waals surface area contributed by atoms with Crippen LogP contribution < -0.4 is 4.90 Å². The van der Waals surface area contributed by atoms with Gasteiger partial charge in [0.2, 0.25) is 0 Å². The first-order valence-corrected chi connectivity index (χ1v) is 6.76. The van der Waals surface area contributed by atoms with E-state index in [1.165, 1.54) is 0 Å². The number of urea groups is 1. The highest BCUT2D eigenvalue weighted by Gasteiger charge is 2.40. The average Bonchev–Trinajstić information content (AvgIpc) is 2.38. The number of fused-ring (bicyclic) bond motifs is 3. The minimum Gasteiger partial charge on any atom is -0.288 e. The van der Waals surface area contributed by atoms with Crippen LogP contribution in [0.3, 0.4) is 0 Å². The van der Waals surface area contributed by atoms with Crippen molar-refractivity contribution in [3.8, 4) is 0 Å². The number of aliphatic imine (C=N–C) groups is 1. The molecule has 0 saturated heterocycles. The van der Waals surface area contributed by atoms with E-state index in [4.69, 9.17) is 0 Å². The number of anilines is 1. The Morgan fingerprint density at radius 2 is 1.95 bits per heavy atom. The number of hydrogen-bond acceptors (Lipinski definition) is 2. The summed E-state index contributed by atoms with van der Waals surface area (Å²) in [7, 11) is 0. The second-order valence-corrected chi connectivity index (χ2v) is 6.02. The van der Waals surface area contributed by atoms with Crippen molar-refractivity contribution in [1.29, 1.82) is 0 Å². The Balaban J connectivity index is 2.22. The Labute approximate surface area is 113 Å². The largest absolute Gasteiger partial charge is 0.330 e. The smallest absolute Gasteiger partial charge is 0.288 e. The van der Waals surface area contributed by atoms with E-state index in [2.05, 4.69) is 31.8 Å². The lowest BCUT2D eigenvalue weighted by molar-refractivity contribution is 0.218. The fourth-order valence-electron chi connectivity index (χ4n) is 2.75. The van der Waals surface area contributed by atoms with Crippen LogP contribution in [0.4, 0.5) is 10.5 Å². The highest BCUT2D eigenvalue weighted by molar-refractivity contribution is 6.19. The summed E-state index contributed by atoms with van der Waals surface area (Å²) in [6.45, 7) is 7.76. The minimum atomic E-state index is -0.240. The second-order valence-electron chi connectivity index (χ2n) is 6.02. The molecule has 19 heavy (non-hydrogen) atoms. The standard InChI is InChI=1S/C15H19N3O/c1-15(2,3)18-12-8-5-4-7-11(12)13-16-9-6-10-17(13)14(18)19/h4-5,7-8H,6,9-10H2,1-3H3. The predicted octanol–water partition coefficient (Wildman–Crippen LogP) is 2.88. The highest BCUT2D eigenvalue weighted by Crippen LogP contribution is 2.35. The molecule has 0 bridgehead atoms. The third kappa shape index (κ3) is 1.82. The van der Waals surface area contributed by atoms with Gasteiger partial charge in [0.15, 0.2) is 0 Å². The van der Waals surface area contributed by atoms with Gasteiger partial charge in [-0.25, -0.2) is 4.79 Å². The molecule has 0 aliphatic carbocycles. The Morgan fingerprint density at radius 1 is 1.21 bits per heavy atom. The molecule has 3 rings (SSSR count). The molecule has 0 fully saturated rings. The molecule has 4 heteroatoms. The van der Waals surface area contributed by atoms with E-state index in [0.29, 0.717) is 0 Å². The average molecular weight is 257 g/mol. The van der Waals surface area contributed by atoms with E-state index in [9.17, 15) is 4.79 Å². The van der Waals surface area contributed by atoms with Gasteiger partial charge in [0.25, 0.3) is 0 Å². The van der Waals surface area contributed by atoms with Crippen LogP contribution in [0, 0.1) is 0 Å². The number of amides is 2. The Morgan fingerprint density at radius 3 is 2.68 bits per heavy atom. The molecule has 100 valence electrons. The number of carbonyl (C=O) groups is 1. The first-order chi connectivity index (χ1) is 9.00. The maximum Gasteiger partial charge on any atom is 0.330 e. The molecule has 2 aliphatic rings. The first-order valence-electron chi connectivity index (χ1n) is 6.76. The second kappa shape index (κ2) is 4.08. The topological polar surface area (TPSA) is 35.9 Å². The molecule has 0 aromatic heterocycles. The zero-order chi connectivity index (χ0) is 13.6. The quantitative estimate of drug-likeness (QED) is 0.704. The third-order valence-electron chi connectivity index (χ3n) is 3.54. The molecule has 1 aromatic rings. The Hall–Kier alpha value is -1.84. The van der Waals surface area contributed by atoms with Crippen LogP contribution >= 0.6 is 0 Å². The lowest BCUT2D eigenvalue weighted by Gasteiger charge is -2.45. The van der Waals surface area contributed by atoms with Crippen LogP contribution in [0.1, 0.15) is 32.8 Å². The minimum absolute atomic E-state index is 0.0460. The molecule has 2 amide bonds.